The van der Waals surface area contributed by atoms with Crippen LogP contribution in [-0.2, 0) is 30.3 Å². The number of fused-ring (bicyclic) bond motifs is 1. The maximum atomic E-state index is 15.2. The molecule has 0 aromatic carbocycles. The summed E-state index contributed by atoms with van der Waals surface area (Å²) in [6.45, 7) is 2.09. The van der Waals surface area contributed by atoms with Crippen molar-refractivity contribution in [1.82, 2.24) is 19.1 Å². The minimum absolute atomic E-state index is 0.0987. The number of nitrogens with zero attached hydrogens (tertiary/aromatic N) is 4. The van der Waals surface area contributed by atoms with Crippen molar-refractivity contribution in [3.63, 3.8) is 0 Å². The summed E-state index contributed by atoms with van der Waals surface area (Å²) in [7, 11) is 0. The highest BCUT2D eigenvalue weighted by Crippen LogP contribution is 2.35. The van der Waals surface area contributed by atoms with Gasteiger partial charge >= 0.3 is 17.6 Å². The van der Waals surface area contributed by atoms with Crippen LogP contribution in [0.1, 0.15) is 25.0 Å². The first-order valence-corrected chi connectivity index (χ1v) is 10.5. The van der Waals surface area contributed by atoms with Crippen molar-refractivity contribution < 1.29 is 28.2 Å². The topological polar surface area (TPSA) is 141 Å². The Morgan fingerprint density at radius 2 is 2.12 bits per heavy atom. The van der Waals surface area contributed by atoms with Crippen LogP contribution in [0.5, 0.6) is 0 Å². The van der Waals surface area contributed by atoms with Gasteiger partial charge in [-0.1, -0.05) is 6.07 Å². The number of nitrogen functional groups attached to an aromatic ring is 1. The van der Waals surface area contributed by atoms with Crippen LogP contribution in [0, 0.1) is 0 Å². The largest absolute Gasteiger partial charge is 0.463 e. The quantitative estimate of drug-likeness (QED) is 0.528. The van der Waals surface area contributed by atoms with Crippen molar-refractivity contribution in [1.29, 1.82) is 0 Å². The Bertz CT molecular complexity index is 1210. The van der Waals surface area contributed by atoms with Gasteiger partial charge in [0.25, 0.3) is 0 Å². The maximum Gasteiger partial charge on any atom is 0.333 e. The monoisotopic (exact) mass is 465 g/mol. The number of aromatic nitrogens is 4. The summed E-state index contributed by atoms with van der Waals surface area (Å²) in [5.41, 5.74) is 5.61. The van der Waals surface area contributed by atoms with Gasteiger partial charge in [0.1, 0.15) is 18.2 Å². The molecule has 3 aromatic heterocycles. The van der Waals surface area contributed by atoms with E-state index in [1.54, 1.807) is 0 Å². The lowest BCUT2D eigenvalue weighted by molar-refractivity contribution is -0.154. The summed E-state index contributed by atoms with van der Waals surface area (Å²) in [6.07, 6.45) is -4.55. The number of anilines is 1. The van der Waals surface area contributed by atoms with Crippen molar-refractivity contribution >= 4 is 40.4 Å². The fourth-order valence-corrected chi connectivity index (χ4v) is 4.26. The van der Waals surface area contributed by atoms with Crippen LogP contribution >= 0.6 is 11.3 Å². The molecule has 0 amide bonds. The highest BCUT2D eigenvalue weighted by atomic mass is 32.1. The molecule has 1 aliphatic heterocycles. The van der Waals surface area contributed by atoms with E-state index in [0.29, 0.717) is 5.52 Å². The number of imidazole rings is 1. The number of carbonyl (C=O) groups excluding carboxylic acids is 2. The van der Waals surface area contributed by atoms with Gasteiger partial charge in [0, 0.05) is 18.7 Å². The van der Waals surface area contributed by atoms with Crippen molar-refractivity contribution in [2.45, 2.75) is 45.0 Å². The zero-order chi connectivity index (χ0) is 23.0. The Labute approximate surface area is 184 Å². The molecule has 32 heavy (non-hydrogen) atoms. The Kier molecular flexibility index (Phi) is 5.93. The third-order valence-electron chi connectivity index (χ3n) is 4.89. The van der Waals surface area contributed by atoms with Gasteiger partial charge in [-0.3, -0.25) is 14.2 Å². The number of rotatable bonds is 6. The number of carbonyl (C=O) groups is 2. The van der Waals surface area contributed by atoms with Crippen LogP contribution in [0.3, 0.4) is 0 Å². The predicted molar refractivity (Wildman–Crippen MR) is 111 cm³/mol. The average molecular weight is 465 g/mol. The van der Waals surface area contributed by atoms with Crippen LogP contribution in [0.15, 0.2) is 28.5 Å². The van der Waals surface area contributed by atoms with Gasteiger partial charge < -0.3 is 19.9 Å². The second-order valence-corrected chi connectivity index (χ2v) is 8.17. The molecule has 0 spiro atoms. The van der Waals surface area contributed by atoms with E-state index in [4.69, 9.17) is 19.9 Å². The van der Waals surface area contributed by atoms with Gasteiger partial charge in [-0.15, -0.1) is 11.3 Å². The SMILES string of the molecule is CC(=O)OC[C@H]1O[C@@H](n2c(=O)n(Cc3cccs3)c3cnc(N)nc32)[C@H](OC(C)=O)[C@@H]1F. The predicted octanol–water partition coefficient (Wildman–Crippen LogP) is 1.02. The Morgan fingerprint density at radius 3 is 2.78 bits per heavy atom. The minimum atomic E-state index is -1.86. The summed E-state index contributed by atoms with van der Waals surface area (Å²) >= 11 is 1.46. The van der Waals surface area contributed by atoms with Crippen LogP contribution < -0.4 is 11.4 Å². The van der Waals surface area contributed by atoms with Gasteiger partial charge in [0.05, 0.1) is 12.7 Å². The summed E-state index contributed by atoms with van der Waals surface area (Å²) in [5.74, 6) is -1.49. The van der Waals surface area contributed by atoms with Crippen molar-refractivity contribution in [3.05, 3.63) is 39.1 Å². The van der Waals surface area contributed by atoms with E-state index in [9.17, 15) is 14.4 Å². The summed E-state index contributed by atoms with van der Waals surface area (Å²) in [5, 5.41) is 1.87. The van der Waals surface area contributed by atoms with Crippen LogP contribution in [0.2, 0.25) is 0 Å². The molecule has 4 rings (SSSR count). The number of nitrogens with two attached hydrogens (primary N) is 1. The van der Waals surface area contributed by atoms with Crippen molar-refractivity contribution in [2.75, 3.05) is 12.3 Å². The first-order chi connectivity index (χ1) is 15.3. The van der Waals surface area contributed by atoms with E-state index in [-0.39, 0.29) is 18.1 Å². The zero-order valence-corrected chi connectivity index (χ0v) is 18.0. The van der Waals surface area contributed by atoms with Gasteiger partial charge in [0.15, 0.2) is 24.2 Å². The van der Waals surface area contributed by atoms with Gasteiger partial charge in [-0.05, 0) is 11.4 Å². The molecule has 2 N–H and O–H groups in total. The molecule has 1 saturated heterocycles. The van der Waals surface area contributed by atoms with Crippen LogP contribution in [-0.4, -0.2) is 56.0 Å². The molecule has 3 aromatic rings. The highest BCUT2D eigenvalue weighted by molar-refractivity contribution is 7.09. The molecule has 1 fully saturated rings. The summed E-state index contributed by atoms with van der Waals surface area (Å²) in [4.78, 5) is 45.2. The molecule has 0 aliphatic carbocycles. The van der Waals surface area contributed by atoms with Crippen LogP contribution in [0.25, 0.3) is 11.2 Å². The normalized spacial score (nSPS) is 22.8. The molecule has 170 valence electrons. The minimum Gasteiger partial charge on any atom is -0.463 e. The molecule has 0 unspecified atom stereocenters. The van der Waals surface area contributed by atoms with Gasteiger partial charge in [0.2, 0.25) is 5.95 Å². The van der Waals surface area contributed by atoms with E-state index < -0.39 is 48.8 Å². The smallest absolute Gasteiger partial charge is 0.333 e. The average Bonchev–Trinajstić information content (AvgIpc) is 3.40. The lowest BCUT2D eigenvalue weighted by Gasteiger charge is -2.19. The number of alkyl halides is 1. The molecule has 13 heteroatoms. The van der Waals surface area contributed by atoms with E-state index in [1.165, 1.54) is 29.0 Å². The standard InChI is InChI=1S/C19H20FN5O6S/c1-9(26)29-8-13-14(20)15(30-10(2)27)17(31-13)25-16-12(6-22-18(21)23-16)24(19(25)28)7-11-4-3-5-32-11/h3-6,13-15,17H,7-8H2,1-2H3,(H2,21,22,23)/t13-,14-,15-,17-/m1/s1. The molecule has 1 aliphatic rings. The Hall–Kier alpha value is -3.32. The number of hydrogen-bond donors (Lipinski definition) is 1. The summed E-state index contributed by atoms with van der Waals surface area (Å²) in [6, 6.07) is 3.71. The molecular formula is C19H20FN5O6S. The molecule has 0 saturated carbocycles. The lowest BCUT2D eigenvalue weighted by Crippen LogP contribution is -2.37. The zero-order valence-electron chi connectivity index (χ0n) is 17.1. The van der Waals surface area contributed by atoms with Crippen LogP contribution in [0.4, 0.5) is 10.3 Å². The van der Waals surface area contributed by atoms with Gasteiger partial charge in [-0.2, -0.15) is 4.98 Å². The number of ether oxygens (including phenoxy) is 3. The molecule has 0 radical (unpaired) electrons. The summed E-state index contributed by atoms with van der Waals surface area (Å²) < 4.78 is 33.4. The second kappa shape index (κ2) is 8.67. The second-order valence-electron chi connectivity index (χ2n) is 7.14. The number of halogens is 1. The van der Waals surface area contributed by atoms with Crippen molar-refractivity contribution in [2.24, 2.45) is 0 Å². The third kappa shape index (κ3) is 4.08. The van der Waals surface area contributed by atoms with E-state index in [1.807, 2.05) is 17.5 Å². The number of hydrogen-bond acceptors (Lipinski definition) is 10. The Morgan fingerprint density at radius 1 is 1.34 bits per heavy atom. The molecule has 4 atom stereocenters. The lowest BCUT2D eigenvalue weighted by atomic mass is 10.1. The first kappa shape index (κ1) is 21.9. The molecular weight excluding hydrogens is 445 g/mol. The first-order valence-electron chi connectivity index (χ1n) is 9.62. The number of esters is 2. The number of thiophene rings is 1. The van der Waals surface area contributed by atoms with Gasteiger partial charge in [-0.25, -0.2) is 18.7 Å². The third-order valence-corrected chi connectivity index (χ3v) is 5.75. The van der Waals surface area contributed by atoms with E-state index >= 15 is 4.39 Å². The molecule has 4 heterocycles. The molecule has 11 nitrogen and oxygen atoms in total. The van der Waals surface area contributed by atoms with E-state index in [2.05, 4.69) is 9.97 Å². The highest BCUT2D eigenvalue weighted by Gasteiger charge is 2.50. The fraction of sp³-hybridized carbons (Fsp3) is 0.421. The van der Waals surface area contributed by atoms with E-state index in [0.717, 1.165) is 16.4 Å². The Balaban J connectivity index is 1.81. The maximum absolute atomic E-state index is 15.2. The molecule has 0 bridgehead atoms. The van der Waals surface area contributed by atoms with Crippen molar-refractivity contribution in [3.8, 4) is 0 Å². The fourth-order valence-electron chi connectivity index (χ4n) is 3.57.